The van der Waals surface area contributed by atoms with Gasteiger partial charge in [-0.05, 0) is 30.7 Å². The SMILES string of the molecule is CC(NC(O)c1cc(C(C)(C)C)n[nH]1)c1cccc(C(=O)NO)c1. The molecule has 130 valence electrons. The molecule has 0 saturated carbocycles. The second-order valence-corrected chi connectivity index (χ2v) is 6.82. The van der Waals surface area contributed by atoms with Crippen molar-refractivity contribution in [2.24, 2.45) is 0 Å². The Kier molecular flexibility index (Phi) is 5.38. The first-order valence-electron chi connectivity index (χ1n) is 7.76. The predicted molar refractivity (Wildman–Crippen MR) is 89.5 cm³/mol. The summed E-state index contributed by atoms with van der Waals surface area (Å²) in [5.74, 6) is -0.576. The summed E-state index contributed by atoms with van der Waals surface area (Å²) in [5.41, 5.74) is 4.10. The first kappa shape index (κ1) is 18.1. The molecule has 1 aromatic carbocycles. The van der Waals surface area contributed by atoms with E-state index in [2.05, 4.69) is 15.5 Å². The van der Waals surface area contributed by atoms with Crippen LogP contribution in [0.5, 0.6) is 0 Å². The highest BCUT2D eigenvalue weighted by molar-refractivity contribution is 5.93. The van der Waals surface area contributed by atoms with Gasteiger partial charge in [0.05, 0.1) is 11.4 Å². The zero-order valence-electron chi connectivity index (χ0n) is 14.3. The minimum absolute atomic E-state index is 0.105. The lowest BCUT2D eigenvalue weighted by atomic mass is 9.92. The molecule has 24 heavy (non-hydrogen) atoms. The van der Waals surface area contributed by atoms with E-state index in [0.717, 1.165) is 11.3 Å². The van der Waals surface area contributed by atoms with E-state index < -0.39 is 12.1 Å². The Balaban J connectivity index is 2.10. The third-order valence-electron chi connectivity index (χ3n) is 3.82. The second kappa shape index (κ2) is 7.12. The number of rotatable bonds is 5. The number of H-pyrrole nitrogens is 1. The number of amides is 1. The van der Waals surface area contributed by atoms with Gasteiger partial charge in [-0.15, -0.1) is 0 Å². The first-order valence-corrected chi connectivity index (χ1v) is 7.76. The van der Waals surface area contributed by atoms with Crippen molar-refractivity contribution in [3.63, 3.8) is 0 Å². The van der Waals surface area contributed by atoms with E-state index >= 15 is 0 Å². The Morgan fingerprint density at radius 2 is 2.00 bits per heavy atom. The first-order chi connectivity index (χ1) is 11.2. The highest BCUT2D eigenvalue weighted by atomic mass is 16.5. The summed E-state index contributed by atoms with van der Waals surface area (Å²) < 4.78 is 0. The molecule has 0 aliphatic carbocycles. The topological polar surface area (TPSA) is 110 Å². The van der Waals surface area contributed by atoms with Gasteiger partial charge in [0.15, 0.2) is 0 Å². The van der Waals surface area contributed by atoms with Crippen LogP contribution in [0.15, 0.2) is 30.3 Å². The van der Waals surface area contributed by atoms with E-state index in [0.29, 0.717) is 11.3 Å². The van der Waals surface area contributed by atoms with Crippen molar-refractivity contribution >= 4 is 5.91 Å². The van der Waals surface area contributed by atoms with Crippen molar-refractivity contribution in [1.29, 1.82) is 0 Å². The van der Waals surface area contributed by atoms with Crippen LogP contribution in [0.3, 0.4) is 0 Å². The number of benzene rings is 1. The summed E-state index contributed by atoms with van der Waals surface area (Å²) in [6.45, 7) is 8.02. The van der Waals surface area contributed by atoms with E-state index in [1.807, 2.05) is 39.8 Å². The minimum Gasteiger partial charge on any atom is -0.373 e. The van der Waals surface area contributed by atoms with Crippen LogP contribution in [-0.4, -0.2) is 26.4 Å². The lowest BCUT2D eigenvalue weighted by Crippen LogP contribution is -2.25. The maximum atomic E-state index is 11.5. The molecule has 1 amide bonds. The molecule has 0 bridgehead atoms. The number of hydroxylamine groups is 1. The van der Waals surface area contributed by atoms with Crippen LogP contribution in [0.25, 0.3) is 0 Å². The number of aromatic nitrogens is 2. The Labute approximate surface area is 141 Å². The number of carbonyl (C=O) groups is 1. The van der Waals surface area contributed by atoms with Gasteiger partial charge in [-0.3, -0.25) is 20.4 Å². The van der Waals surface area contributed by atoms with Crippen LogP contribution in [0.2, 0.25) is 0 Å². The summed E-state index contributed by atoms with van der Waals surface area (Å²) in [4.78, 5) is 11.5. The summed E-state index contributed by atoms with van der Waals surface area (Å²) in [6, 6.07) is 8.43. The number of nitrogens with one attached hydrogen (secondary N) is 3. The molecule has 1 aromatic heterocycles. The van der Waals surface area contributed by atoms with Crippen molar-refractivity contribution in [2.45, 2.75) is 45.4 Å². The Morgan fingerprint density at radius 1 is 1.29 bits per heavy atom. The number of hydrogen-bond donors (Lipinski definition) is 5. The molecular formula is C17H24N4O3. The fraction of sp³-hybridized carbons (Fsp3) is 0.412. The highest BCUT2D eigenvalue weighted by Crippen LogP contribution is 2.23. The van der Waals surface area contributed by atoms with Gasteiger partial charge < -0.3 is 5.11 Å². The van der Waals surface area contributed by atoms with Gasteiger partial charge in [-0.25, -0.2) is 5.48 Å². The zero-order chi connectivity index (χ0) is 17.9. The number of aliphatic hydroxyl groups excluding tert-OH is 1. The molecule has 0 fully saturated rings. The van der Waals surface area contributed by atoms with E-state index in [4.69, 9.17) is 5.21 Å². The Hall–Kier alpha value is -2.22. The van der Waals surface area contributed by atoms with Gasteiger partial charge in [-0.1, -0.05) is 32.9 Å². The lowest BCUT2D eigenvalue weighted by Gasteiger charge is -2.19. The second-order valence-electron chi connectivity index (χ2n) is 6.82. The summed E-state index contributed by atoms with van der Waals surface area (Å²) in [5, 5.41) is 29.2. The third-order valence-corrected chi connectivity index (χ3v) is 3.82. The molecule has 0 aliphatic heterocycles. The van der Waals surface area contributed by atoms with E-state index in [-0.39, 0.29) is 11.5 Å². The molecular weight excluding hydrogens is 308 g/mol. The van der Waals surface area contributed by atoms with Crippen LogP contribution in [0.1, 0.15) is 67.3 Å². The lowest BCUT2D eigenvalue weighted by molar-refractivity contribution is 0.0706. The van der Waals surface area contributed by atoms with Crippen molar-refractivity contribution in [3.05, 3.63) is 52.8 Å². The molecule has 0 spiro atoms. The summed E-state index contributed by atoms with van der Waals surface area (Å²) in [7, 11) is 0. The quantitative estimate of drug-likeness (QED) is 0.327. The third kappa shape index (κ3) is 4.19. The normalized spacial score (nSPS) is 14.2. The van der Waals surface area contributed by atoms with Crippen LogP contribution in [-0.2, 0) is 5.41 Å². The maximum absolute atomic E-state index is 11.5. The molecule has 2 atom stereocenters. The number of carbonyl (C=O) groups excluding carboxylic acids is 1. The fourth-order valence-electron chi connectivity index (χ4n) is 2.30. The predicted octanol–water partition coefficient (Wildman–Crippen LogP) is 2.17. The monoisotopic (exact) mass is 332 g/mol. The molecule has 2 unspecified atom stereocenters. The van der Waals surface area contributed by atoms with E-state index in [9.17, 15) is 9.90 Å². The van der Waals surface area contributed by atoms with Crippen LogP contribution in [0.4, 0.5) is 0 Å². The minimum atomic E-state index is -0.918. The van der Waals surface area contributed by atoms with Crippen molar-refractivity contribution in [1.82, 2.24) is 21.0 Å². The Morgan fingerprint density at radius 3 is 2.58 bits per heavy atom. The van der Waals surface area contributed by atoms with Gasteiger partial charge >= 0.3 is 0 Å². The number of aromatic amines is 1. The van der Waals surface area contributed by atoms with Crippen molar-refractivity contribution in [3.8, 4) is 0 Å². The van der Waals surface area contributed by atoms with Crippen molar-refractivity contribution in [2.75, 3.05) is 0 Å². The van der Waals surface area contributed by atoms with E-state index in [1.54, 1.807) is 23.7 Å². The van der Waals surface area contributed by atoms with Gasteiger partial charge in [0, 0.05) is 17.0 Å². The average Bonchev–Trinajstić information content (AvgIpc) is 3.04. The molecule has 2 rings (SSSR count). The van der Waals surface area contributed by atoms with Gasteiger partial charge in [0.2, 0.25) is 0 Å². The van der Waals surface area contributed by atoms with Crippen LogP contribution in [0, 0.1) is 0 Å². The molecule has 2 aromatic rings. The van der Waals surface area contributed by atoms with Crippen LogP contribution < -0.4 is 10.8 Å². The standard InChI is InChI=1S/C17H24N4O3/c1-10(11-6-5-7-12(8-11)15(22)21-24)18-16(23)13-9-14(20-19-13)17(2,3)4/h5-10,16,18,23-24H,1-4H3,(H,19,20)(H,21,22). The van der Waals surface area contributed by atoms with E-state index in [1.165, 1.54) is 0 Å². The molecule has 0 aliphatic rings. The van der Waals surface area contributed by atoms with Gasteiger partial charge in [0.1, 0.15) is 6.23 Å². The fourth-order valence-corrected chi connectivity index (χ4v) is 2.30. The maximum Gasteiger partial charge on any atom is 0.274 e. The van der Waals surface area contributed by atoms with Gasteiger partial charge in [-0.2, -0.15) is 5.10 Å². The zero-order valence-corrected chi connectivity index (χ0v) is 14.3. The molecule has 0 radical (unpaired) electrons. The van der Waals surface area contributed by atoms with Gasteiger partial charge in [0.25, 0.3) is 5.91 Å². The number of hydrogen-bond acceptors (Lipinski definition) is 5. The number of aliphatic hydroxyl groups is 1. The van der Waals surface area contributed by atoms with Crippen molar-refractivity contribution < 1.29 is 15.1 Å². The molecule has 7 heteroatoms. The Bertz CT molecular complexity index is 706. The molecule has 5 N–H and O–H groups in total. The smallest absolute Gasteiger partial charge is 0.274 e. The largest absolute Gasteiger partial charge is 0.373 e. The molecule has 7 nitrogen and oxygen atoms in total. The average molecular weight is 332 g/mol. The summed E-state index contributed by atoms with van der Waals surface area (Å²) in [6.07, 6.45) is -0.918. The number of nitrogens with zero attached hydrogens (tertiary/aromatic N) is 1. The molecule has 0 saturated heterocycles. The molecule has 1 heterocycles. The van der Waals surface area contributed by atoms with Crippen LogP contribution >= 0.6 is 0 Å². The highest BCUT2D eigenvalue weighted by Gasteiger charge is 2.21. The summed E-state index contributed by atoms with van der Waals surface area (Å²) >= 11 is 0.